The number of nitrogens with zero attached hydrogens (tertiary/aromatic N) is 5. The maximum atomic E-state index is 4.93. The maximum absolute atomic E-state index is 4.93. The van der Waals surface area contributed by atoms with E-state index in [4.69, 9.17) is 4.99 Å². The van der Waals surface area contributed by atoms with Crippen LogP contribution in [0.4, 0.5) is 0 Å². The molecule has 1 aromatic heterocycles. The van der Waals surface area contributed by atoms with E-state index in [1.807, 2.05) is 12.4 Å². The lowest BCUT2D eigenvalue weighted by Gasteiger charge is -2.24. The fraction of sp³-hybridized carbons (Fsp3) is 0.565. The Labute approximate surface area is 198 Å². The van der Waals surface area contributed by atoms with Gasteiger partial charge in [-0.15, -0.1) is 24.0 Å². The van der Waals surface area contributed by atoms with Crippen LogP contribution in [0.3, 0.4) is 0 Å². The highest BCUT2D eigenvalue weighted by molar-refractivity contribution is 14.0. The minimum atomic E-state index is 0. The predicted molar refractivity (Wildman–Crippen MR) is 135 cm³/mol. The summed E-state index contributed by atoms with van der Waals surface area (Å²) in [4.78, 5) is 14.4. The highest BCUT2D eigenvalue weighted by atomic mass is 127. The molecule has 1 N–H and O–H groups in total. The SMILES string of the molecule is CCNC(=NCc1nccn1Cc1ccccc1)N1CCC(CN(CC)CC)C1.I. The molecule has 0 spiro atoms. The van der Waals surface area contributed by atoms with Crippen LogP contribution in [0.5, 0.6) is 0 Å². The largest absolute Gasteiger partial charge is 0.357 e. The Bertz CT molecular complexity index is 756. The number of rotatable bonds is 9. The summed E-state index contributed by atoms with van der Waals surface area (Å²) < 4.78 is 2.19. The number of likely N-dealkylation sites (tertiary alicyclic amines) is 1. The summed E-state index contributed by atoms with van der Waals surface area (Å²) >= 11 is 0. The van der Waals surface area contributed by atoms with E-state index in [0.717, 1.165) is 57.0 Å². The number of aromatic nitrogens is 2. The van der Waals surface area contributed by atoms with Crippen LogP contribution in [0.15, 0.2) is 47.7 Å². The molecule has 0 radical (unpaired) electrons. The van der Waals surface area contributed by atoms with Crippen LogP contribution in [0.2, 0.25) is 0 Å². The molecule has 3 rings (SSSR count). The second kappa shape index (κ2) is 12.9. The van der Waals surface area contributed by atoms with Gasteiger partial charge in [-0.2, -0.15) is 0 Å². The second-order valence-electron chi connectivity index (χ2n) is 7.71. The van der Waals surface area contributed by atoms with Crippen molar-refractivity contribution in [3.05, 3.63) is 54.1 Å². The molecule has 2 heterocycles. The van der Waals surface area contributed by atoms with Gasteiger partial charge in [0.1, 0.15) is 12.4 Å². The first kappa shape index (κ1) is 24.7. The molecule has 166 valence electrons. The smallest absolute Gasteiger partial charge is 0.194 e. The number of hydrogen-bond acceptors (Lipinski definition) is 3. The van der Waals surface area contributed by atoms with Crippen LogP contribution >= 0.6 is 24.0 Å². The molecule has 1 aliphatic heterocycles. The van der Waals surface area contributed by atoms with Gasteiger partial charge < -0.3 is 19.7 Å². The van der Waals surface area contributed by atoms with Crippen molar-refractivity contribution in [2.45, 2.75) is 40.3 Å². The monoisotopic (exact) mass is 524 g/mol. The number of guanidine groups is 1. The Kier molecular flexibility index (Phi) is 10.6. The third-order valence-corrected chi connectivity index (χ3v) is 5.70. The zero-order valence-electron chi connectivity index (χ0n) is 18.6. The van der Waals surface area contributed by atoms with Crippen molar-refractivity contribution in [1.82, 2.24) is 24.7 Å². The van der Waals surface area contributed by atoms with Gasteiger partial charge in [0.25, 0.3) is 0 Å². The van der Waals surface area contributed by atoms with Crippen LogP contribution in [0.25, 0.3) is 0 Å². The Morgan fingerprint density at radius 3 is 2.67 bits per heavy atom. The van der Waals surface area contributed by atoms with Gasteiger partial charge in [0.15, 0.2) is 5.96 Å². The highest BCUT2D eigenvalue weighted by Gasteiger charge is 2.26. The third kappa shape index (κ3) is 6.97. The fourth-order valence-electron chi connectivity index (χ4n) is 4.01. The van der Waals surface area contributed by atoms with Crippen molar-refractivity contribution in [3.8, 4) is 0 Å². The number of nitrogens with one attached hydrogen (secondary N) is 1. The van der Waals surface area contributed by atoms with Crippen molar-refractivity contribution in [1.29, 1.82) is 0 Å². The first-order chi connectivity index (χ1) is 14.2. The van der Waals surface area contributed by atoms with Gasteiger partial charge in [0, 0.05) is 45.1 Å². The first-order valence-corrected chi connectivity index (χ1v) is 11.0. The molecule has 1 unspecified atom stereocenters. The quantitative estimate of drug-likeness (QED) is 0.309. The normalized spacial score (nSPS) is 16.7. The first-order valence-electron chi connectivity index (χ1n) is 11.0. The van der Waals surface area contributed by atoms with E-state index < -0.39 is 0 Å². The topological polar surface area (TPSA) is 48.7 Å². The lowest BCUT2D eigenvalue weighted by molar-refractivity contribution is 0.255. The zero-order valence-corrected chi connectivity index (χ0v) is 21.0. The van der Waals surface area contributed by atoms with Crippen LogP contribution < -0.4 is 5.32 Å². The fourth-order valence-corrected chi connectivity index (χ4v) is 4.01. The summed E-state index contributed by atoms with van der Waals surface area (Å²) in [5.74, 6) is 2.74. The minimum Gasteiger partial charge on any atom is -0.357 e. The van der Waals surface area contributed by atoms with Gasteiger partial charge in [-0.05, 0) is 37.9 Å². The summed E-state index contributed by atoms with van der Waals surface area (Å²) in [5, 5.41) is 3.48. The molecule has 30 heavy (non-hydrogen) atoms. The lowest BCUT2D eigenvalue weighted by atomic mass is 10.1. The number of imidazole rings is 1. The predicted octanol–water partition coefficient (Wildman–Crippen LogP) is 3.68. The Morgan fingerprint density at radius 2 is 1.97 bits per heavy atom. The van der Waals surface area contributed by atoms with Crippen molar-refractivity contribution in [3.63, 3.8) is 0 Å². The zero-order chi connectivity index (χ0) is 20.5. The average molecular weight is 524 g/mol. The molecule has 1 aliphatic rings. The van der Waals surface area contributed by atoms with Gasteiger partial charge in [-0.1, -0.05) is 44.2 Å². The average Bonchev–Trinajstić information content (AvgIpc) is 3.39. The van der Waals surface area contributed by atoms with E-state index in [9.17, 15) is 0 Å². The molecule has 0 amide bonds. The third-order valence-electron chi connectivity index (χ3n) is 5.70. The maximum Gasteiger partial charge on any atom is 0.194 e. The van der Waals surface area contributed by atoms with Gasteiger partial charge in [0.05, 0.1) is 0 Å². The van der Waals surface area contributed by atoms with Gasteiger partial charge in [-0.25, -0.2) is 9.98 Å². The molecule has 7 heteroatoms. The highest BCUT2D eigenvalue weighted by Crippen LogP contribution is 2.18. The van der Waals surface area contributed by atoms with E-state index in [-0.39, 0.29) is 24.0 Å². The molecule has 0 aliphatic carbocycles. The van der Waals surface area contributed by atoms with E-state index in [1.165, 1.54) is 18.5 Å². The van der Waals surface area contributed by atoms with E-state index >= 15 is 0 Å². The number of aliphatic imine (C=N–C) groups is 1. The van der Waals surface area contributed by atoms with Crippen LogP contribution in [-0.4, -0.2) is 64.6 Å². The van der Waals surface area contributed by atoms with E-state index in [2.05, 4.69) is 75.8 Å². The molecule has 0 bridgehead atoms. The van der Waals surface area contributed by atoms with Crippen LogP contribution in [0.1, 0.15) is 38.6 Å². The number of hydrogen-bond donors (Lipinski definition) is 1. The molecule has 1 atom stereocenters. The number of halogens is 1. The van der Waals surface area contributed by atoms with Crippen molar-refractivity contribution < 1.29 is 0 Å². The summed E-state index contributed by atoms with van der Waals surface area (Å²) in [6.07, 6.45) is 5.15. The molecular formula is C23H37IN6. The molecule has 1 fully saturated rings. The van der Waals surface area contributed by atoms with Crippen molar-refractivity contribution in [2.75, 3.05) is 39.3 Å². The number of benzene rings is 1. The Balaban J connectivity index is 0.00000320. The van der Waals surface area contributed by atoms with Crippen LogP contribution in [-0.2, 0) is 13.1 Å². The Hall–Kier alpha value is -1.61. The molecule has 1 saturated heterocycles. The van der Waals surface area contributed by atoms with Crippen molar-refractivity contribution in [2.24, 2.45) is 10.9 Å². The van der Waals surface area contributed by atoms with Gasteiger partial charge >= 0.3 is 0 Å². The summed E-state index contributed by atoms with van der Waals surface area (Å²) in [6, 6.07) is 10.5. The molecule has 0 saturated carbocycles. The minimum absolute atomic E-state index is 0. The van der Waals surface area contributed by atoms with Crippen molar-refractivity contribution >= 4 is 29.9 Å². The molecule has 2 aromatic rings. The summed E-state index contributed by atoms with van der Waals surface area (Å²) in [6.45, 7) is 14.6. The molecule has 1 aromatic carbocycles. The molecule has 6 nitrogen and oxygen atoms in total. The standard InChI is InChI=1S/C23H36N6.HI/c1-4-24-23(29-14-12-21(19-29)17-27(5-2)6-3)26-16-22-25-13-15-28(22)18-20-10-8-7-9-11-20;/h7-11,13,15,21H,4-6,12,14,16-19H2,1-3H3,(H,24,26);1H. The van der Waals surface area contributed by atoms with Gasteiger partial charge in [0.2, 0.25) is 0 Å². The van der Waals surface area contributed by atoms with Crippen LogP contribution in [0, 0.1) is 5.92 Å². The van der Waals surface area contributed by atoms with E-state index in [1.54, 1.807) is 0 Å². The van der Waals surface area contributed by atoms with E-state index in [0.29, 0.717) is 6.54 Å². The Morgan fingerprint density at radius 1 is 1.20 bits per heavy atom. The molecular weight excluding hydrogens is 487 g/mol. The lowest BCUT2D eigenvalue weighted by Crippen LogP contribution is -2.41. The second-order valence-corrected chi connectivity index (χ2v) is 7.71. The summed E-state index contributed by atoms with van der Waals surface area (Å²) in [7, 11) is 0. The van der Waals surface area contributed by atoms with Gasteiger partial charge in [-0.3, -0.25) is 0 Å². The summed E-state index contributed by atoms with van der Waals surface area (Å²) in [5.41, 5.74) is 1.28.